The molecule has 0 saturated heterocycles. The molecule has 3 nitrogen and oxygen atoms in total. The van der Waals surface area contributed by atoms with Gasteiger partial charge in [0.05, 0.1) is 5.69 Å². The maximum atomic E-state index is 6.45. The molecule has 2 unspecified atom stereocenters. The Kier molecular flexibility index (Phi) is 8.37. The molecule has 276 valence electrons. The van der Waals surface area contributed by atoms with Crippen LogP contribution < -0.4 is 4.90 Å². The van der Waals surface area contributed by atoms with Crippen LogP contribution in [0.1, 0.15) is 22.6 Å². The first-order valence-corrected chi connectivity index (χ1v) is 20.6. The normalized spacial score (nSPS) is 17.9. The van der Waals surface area contributed by atoms with Gasteiger partial charge in [-0.3, -0.25) is 0 Å². The summed E-state index contributed by atoms with van der Waals surface area (Å²) >= 11 is 1.97. The van der Waals surface area contributed by atoms with Crippen molar-refractivity contribution in [1.29, 1.82) is 0 Å². The second-order valence-electron chi connectivity index (χ2n) is 15.0. The Morgan fingerprint density at radius 2 is 1.31 bits per heavy atom. The monoisotopic (exact) mass is 762 g/mol. The minimum atomic E-state index is 0.416. The summed E-state index contributed by atoms with van der Waals surface area (Å²) in [5.74, 6) is 0.416. The van der Waals surface area contributed by atoms with E-state index in [2.05, 4.69) is 199 Å². The van der Waals surface area contributed by atoms with Crippen molar-refractivity contribution in [2.45, 2.75) is 16.1 Å². The Bertz CT molecular complexity index is 3160. The predicted molar refractivity (Wildman–Crippen MR) is 247 cm³/mol. The van der Waals surface area contributed by atoms with Gasteiger partial charge in [-0.15, -0.1) is 11.8 Å². The fourth-order valence-corrected chi connectivity index (χ4v) is 10.1. The lowest BCUT2D eigenvalue weighted by atomic mass is 9.87. The number of anilines is 2. The first-order chi connectivity index (χ1) is 28.7. The van der Waals surface area contributed by atoms with E-state index in [0.29, 0.717) is 11.2 Å². The summed E-state index contributed by atoms with van der Waals surface area (Å²) in [6.45, 7) is 4.44. The minimum Gasteiger partial charge on any atom is -0.455 e. The van der Waals surface area contributed by atoms with Gasteiger partial charge < -0.3 is 14.3 Å². The number of hydrogen-bond acceptors (Lipinski definition) is 3. The second-order valence-corrected chi connectivity index (χ2v) is 16.2. The fourth-order valence-electron chi connectivity index (χ4n) is 8.74. The highest BCUT2D eigenvalue weighted by Gasteiger charge is 2.32. The molecule has 9 aromatic rings. The van der Waals surface area contributed by atoms with Crippen LogP contribution >= 0.6 is 11.8 Å². The molecule has 4 heterocycles. The van der Waals surface area contributed by atoms with E-state index >= 15 is 0 Å². The Labute approximate surface area is 341 Å². The molecule has 4 heteroatoms. The van der Waals surface area contributed by atoms with Crippen molar-refractivity contribution in [3.05, 3.63) is 224 Å². The maximum Gasteiger partial charge on any atom is 0.145 e. The van der Waals surface area contributed by atoms with Crippen LogP contribution in [0.2, 0.25) is 0 Å². The molecule has 0 fully saturated rings. The Balaban J connectivity index is 0.000000250. The lowest BCUT2D eigenvalue weighted by Crippen LogP contribution is -2.11. The van der Waals surface area contributed by atoms with Crippen molar-refractivity contribution in [2.24, 2.45) is 0 Å². The molecular formula is C54H38N2OS. The van der Waals surface area contributed by atoms with Crippen LogP contribution in [0.25, 0.3) is 66.0 Å². The third-order valence-electron chi connectivity index (χ3n) is 11.5. The molecule has 3 aliphatic rings. The van der Waals surface area contributed by atoms with Gasteiger partial charge in [0.2, 0.25) is 0 Å². The zero-order chi connectivity index (χ0) is 38.6. The van der Waals surface area contributed by atoms with Crippen LogP contribution in [0.3, 0.4) is 0 Å². The van der Waals surface area contributed by atoms with Crippen molar-refractivity contribution in [1.82, 2.24) is 4.98 Å². The summed E-state index contributed by atoms with van der Waals surface area (Å²) in [7, 11) is 0. The molecule has 12 rings (SSSR count). The van der Waals surface area contributed by atoms with E-state index in [9.17, 15) is 0 Å². The number of H-pyrrole nitrogens is 1. The van der Waals surface area contributed by atoms with Crippen molar-refractivity contribution >= 4 is 78.0 Å². The van der Waals surface area contributed by atoms with E-state index < -0.39 is 0 Å². The van der Waals surface area contributed by atoms with Crippen molar-refractivity contribution in [2.75, 3.05) is 4.90 Å². The van der Waals surface area contributed by atoms with Crippen molar-refractivity contribution < 1.29 is 4.42 Å². The van der Waals surface area contributed by atoms with E-state index in [1.54, 1.807) is 0 Å². The number of aromatic nitrogens is 1. The summed E-state index contributed by atoms with van der Waals surface area (Å²) in [4.78, 5) is 7.02. The third kappa shape index (κ3) is 5.93. The van der Waals surface area contributed by atoms with E-state index in [1.165, 1.54) is 54.5 Å². The van der Waals surface area contributed by atoms with Crippen molar-refractivity contribution in [3.63, 3.8) is 0 Å². The summed E-state index contributed by atoms with van der Waals surface area (Å²) in [5, 5.41) is 5.31. The highest BCUT2D eigenvalue weighted by molar-refractivity contribution is 8.00. The molecule has 2 aliphatic heterocycles. The first-order valence-electron chi connectivity index (χ1n) is 19.8. The molecule has 1 aliphatic carbocycles. The fraction of sp³-hybridized carbons (Fsp3) is 0.0370. The Hall–Kier alpha value is -7.01. The van der Waals surface area contributed by atoms with Gasteiger partial charge in [0.25, 0.3) is 0 Å². The first kappa shape index (κ1) is 34.3. The van der Waals surface area contributed by atoms with Gasteiger partial charge in [-0.25, -0.2) is 0 Å². The van der Waals surface area contributed by atoms with E-state index in [-0.39, 0.29) is 0 Å². The average molecular weight is 763 g/mol. The zero-order valence-electron chi connectivity index (χ0n) is 31.7. The summed E-state index contributed by atoms with van der Waals surface area (Å²) in [6.07, 6.45) is 15.4. The number of hydrogen-bond donors (Lipinski definition) is 1. The quantitative estimate of drug-likeness (QED) is 0.195. The highest BCUT2D eigenvalue weighted by atomic mass is 32.2. The number of allylic oxidation sites excluding steroid dienone is 7. The van der Waals surface area contributed by atoms with E-state index in [0.717, 1.165) is 44.4 Å². The van der Waals surface area contributed by atoms with Crippen LogP contribution in [0.5, 0.6) is 0 Å². The van der Waals surface area contributed by atoms with Gasteiger partial charge in [0.15, 0.2) is 0 Å². The van der Waals surface area contributed by atoms with Gasteiger partial charge >= 0.3 is 0 Å². The lowest BCUT2D eigenvalue weighted by Gasteiger charge is -2.25. The maximum absolute atomic E-state index is 6.45. The topological polar surface area (TPSA) is 32.2 Å². The number of benzene rings is 7. The molecule has 58 heavy (non-hydrogen) atoms. The van der Waals surface area contributed by atoms with Gasteiger partial charge in [0, 0.05) is 66.1 Å². The van der Waals surface area contributed by atoms with Gasteiger partial charge in [-0.05, 0) is 94.1 Å². The molecule has 2 atom stereocenters. The van der Waals surface area contributed by atoms with E-state index in [4.69, 9.17) is 4.42 Å². The van der Waals surface area contributed by atoms with Gasteiger partial charge in [0.1, 0.15) is 11.2 Å². The van der Waals surface area contributed by atoms with Crippen LogP contribution in [-0.4, -0.2) is 10.2 Å². The molecule has 0 amide bonds. The standard InChI is InChI=1S/C42H29NOS.C12H9N/c1-27-10-6-7-23-43(37-21-20-35-33-15-2-4-17-38(33)44-42(35)41(27)37)32-14-9-13-30(25-32)28-11-8-12-29(24-28)31-19-22-40-36(26-31)34-16-3-5-18-39(34)45-40;1-3-7-11-9(5-1)10-6-2-4-8-12(10)13-11/h2-26,36,40H,1H2;1-8,13H/b10-6-,23-7-;. The molecule has 0 bridgehead atoms. The zero-order valence-corrected chi connectivity index (χ0v) is 32.5. The number of thioether (sulfide) groups is 1. The molecule has 0 saturated carbocycles. The minimum absolute atomic E-state index is 0.416. The van der Waals surface area contributed by atoms with Gasteiger partial charge in [-0.1, -0.05) is 140 Å². The number of rotatable bonds is 3. The smallest absolute Gasteiger partial charge is 0.145 e. The molecule has 7 aromatic carbocycles. The average Bonchev–Trinajstić information content (AvgIpc) is 3.97. The largest absolute Gasteiger partial charge is 0.455 e. The summed E-state index contributed by atoms with van der Waals surface area (Å²) < 4.78 is 6.45. The Morgan fingerprint density at radius 1 is 0.603 bits per heavy atom. The SMILES string of the molecule is C=C1/C=C\C=C/N(c2cccc(-c3cccc(C4=CC5c6ccccc6SC5C=C4)c3)c2)c2ccc3c(oc4ccccc43)c21.c1ccc2c(c1)[nH]c1ccccc12. The number of para-hydroxylation sites is 3. The predicted octanol–water partition coefficient (Wildman–Crippen LogP) is 15.0. The van der Waals surface area contributed by atoms with Crippen LogP contribution in [0.15, 0.2) is 216 Å². The number of furan rings is 1. The van der Waals surface area contributed by atoms with Crippen LogP contribution in [-0.2, 0) is 0 Å². The number of nitrogens with one attached hydrogen (secondary N) is 1. The van der Waals surface area contributed by atoms with Crippen molar-refractivity contribution in [3.8, 4) is 11.1 Å². The van der Waals surface area contributed by atoms with Crippen LogP contribution in [0.4, 0.5) is 11.4 Å². The van der Waals surface area contributed by atoms with Crippen LogP contribution in [0, 0.1) is 0 Å². The lowest BCUT2D eigenvalue weighted by molar-refractivity contribution is 0.668. The number of aromatic amines is 1. The van der Waals surface area contributed by atoms with Gasteiger partial charge in [-0.2, -0.15) is 0 Å². The number of fused-ring (bicyclic) bond motifs is 11. The summed E-state index contributed by atoms with van der Waals surface area (Å²) in [5.41, 5.74) is 14.6. The molecular weight excluding hydrogens is 725 g/mol. The molecule has 0 radical (unpaired) electrons. The van der Waals surface area contributed by atoms with E-state index in [1.807, 2.05) is 30.0 Å². The Morgan fingerprint density at radius 3 is 2.16 bits per heavy atom. The molecule has 1 N–H and O–H groups in total. The highest BCUT2D eigenvalue weighted by Crippen LogP contribution is 2.50. The third-order valence-corrected chi connectivity index (χ3v) is 12.9. The molecule has 2 aromatic heterocycles. The second kappa shape index (κ2) is 14.2. The molecule has 0 spiro atoms. The number of nitrogens with zero attached hydrogens (tertiary/aromatic N) is 1. The summed E-state index contributed by atoms with van der Waals surface area (Å²) in [6, 6.07) is 55.9.